The summed E-state index contributed by atoms with van der Waals surface area (Å²) in [7, 11) is 0. The van der Waals surface area contributed by atoms with E-state index in [2.05, 4.69) is 23.7 Å². The molecule has 0 aliphatic carbocycles. The maximum Gasteiger partial charge on any atom is 0.195 e. The van der Waals surface area contributed by atoms with Crippen LogP contribution >= 0.6 is 0 Å². The van der Waals surface area contributed by atoms with E-state index in [0.717, 1.165) is 22.8 Å². The molecule has 4 aromatic rings. The van der Waals surface area contributed by atoms with Gasteiger partial charge in [0.2, 0.25) is 0 Å². The third-order valence-corrected chi connectivity index (χ3v) is 4.61. The summed E-state index contributed by atoms with van der Waals surface area (Å²) in [6.45, 7) is 2.03. The maximum absolute atomic E-state index is 13.8. The quantitative estimate of drug-likeness (QED) is 0.239. The third-order valence-electron chi connectivity index (χ3n) is 4.61. The zero-order valence-corrected chi connectivity index (χ0v) is 16.1. The Kier molecular flexibility index (Phi) is 5.29. The first-order chi connectivity index (χ1) is 14.5. The third kappa shape index (κ3) is 4.22. The molecule has 0 aliphatic rings. The highest BCUT2D eigenvalue weighted by Gasteiger charge is 2.13. The van der Waals surface area contributed by atoms with Gasteiger partial charge in [0.15, 0.2) is 17.5 Å². The number of aryl methyl sites for hydroxylation is 1. The molecule has 4 rings (SSSR count). The van der Waals surface area contributed by atoms with Crippen molar-refractivity contribution in [2.75, 3.05) is 0 Å². The van der Waals surface area contributed by atoms with Gasteiger partial charge >= 0.3 is 0 Å². The summed E-state index contributed by atoms with van der Waals surface area (Å²) < 4.78 is 40.6. The van der Waals surface area contributed by atoms with Crippen molar-refractivity contribution in [3.63, 3.8) is 0 Å². The second-order valence-corrected chi connectivity index (χ2v) is 6.87. The topological polar surface area (TPSA) is 0 Å². The van der Waals surface area contributed by atoms with Crippen molar-refractivity contribution in [2.24, 2.45) is 0 Å². The van der Waals surface area contributed by atoms with Crippen molar-refractivity contribution < 1.29 is 13.2 Å². The lowest BCUT2D eigenvalue weighted by Gasteiger charge is -2.02. The molecule has 0 saturated carbocycles. The molecule has 0 spiro atoms. The van der Waals surface area contributed by atoms with E-state index in [-0.39, 0.29) is 10.8 Å². The largest absolute Gasteiger partial charge is 0.204 e. The summed E-state index contributed by atoms with van der Waals surface area (Å²) in [5, 5.41) is 0.288. The zero-order valence-electron chi connectivity index (χ0n) is 16.1. The van der Waals surface area contributed by atoms with Gasteiger partial charge in [0.25, 0.3) is 0 Å². The van der Waals surface area contributed by atoms with E-state index in [4.69, 9.17) is 0 Å². The van der Waals surface area contributed by atoms with Crippen LogP contribution in [0.2, 0.25) is 0 Å². The highest BCUT2D eigenvalue weighted by atomic mass is 19.2. The minimum atomic E-state index is -1.47. The molecule has 144 valence electrons. The first kappa shape index (κ1) is 19.4. The van der Waals surface area contributed by atoms with E-state index in [9.17, 15) is 13.2 Å². The van der Waals surface area contributed by atoms with Crippen LogP contribution in [0.15, 0.2) is 72.8 Å². The standard InChI is InChI=1S/C27H15F3/c1-18-2-4-19(5-3-18)6-7-20-8-10-21(11-9-20)12-13-22-14-15-24-23(16-22)17-25(28)27(30)26(24)29/h2-5,8-11,14-17H,1H3. The van der Waals surface area contributed by atoms with Gasteiger partial charge in [-0.15, -0.1) is 0 Å². The molecule has 0 radical (unpaired) electrons. The number of hydrogen-bond donors (Lipinski definition) is 0. The summed E-state index contributed by atoms with van der Waals surface area (Å²) in [5.41, 5.74) is 4.38. The van der Waals surface area contributed by atoms with Crippen LogP contribution in [0.5, 0.6) is 0 Å². The molecule has 4 aromatic carbocycles. The molecule has 0 bridgehead atoms. The molecule has 0 unspecified atom stereocenters. The van der Waals surface area contributed by atoms with E-state index in [0.29, 0.717) is 5.56 Å². The molecule has 0 nitrogen and oxygen atoms in total. The average Bonchev–Trinajstić information content (AvgIpc) is 2.76. The number of fused-ring (bicyclic) bond motifs is 1. The minimum absolute atomic E-state index is 0.0240. The monoisotopic (exact) mass is 396 g/mol. The molecule has 0 atom stereocenters. The first-order valence-corrected chi connectivity index (χ1v) is 9.28. The molecule has 0 fully saturated rings. The van der Waals surface area contributed by atoms with Crippen LogP contribution in [0.3, 0.4) is 0 Å². The van der Waals surface area contributed by atoms with E-state index in [1.807, 2.05) is 55.5 Å². The maximum atomic E-state index is 13.8. The van der Waals surface area contributed by atoms with E-state index >= 15 is 0 Å². The Hall–Kier alpha value is -3.95. The fraction of sp³-hybridized carbons (Fsp3) is 0.0370. The van der Waals surface area contributed by atoms with Crippen molar-refractivity contribution in [2.45, 2.75) is 6.92 Å². The van der Waals surface area contributed by atoms with Crippen LogP contribution in [0.1, 0.15) is 27.8 Å². The van der Waals surface area contributed by atoms with Gasteiger partial charge in [0.05, 0.1) is 0 Å². The fourth-order valence-corrected chi connectivity index (χ4v) is 2.95. The number of hydrogen-bond acceptors (Lipinski definition) is 0. The normalized spacial score (nSPS) is 10.1. The van der Waals surface area contributed by atoms with Crippen LogP contribution in [0.4, 0.5) is 13.2 Å². The van der Waals surface area contributed by atoms with Crippen LogP contribution in [0.25, 0.3) is 10.8 Å². The van der Waals surface area contributed by atoms with E-state index in [1.54, 1.807) is 6.07 Å². The summed E-state index contributed by atoms with van der Waals surface area (Å²) in [6.07, 6.45) is 0. The van der Waals surface area contributed by atoms with E-state index in [1.165, 1.54) is 17.7 Å². The first-order valence-electron chi connectivity index (χ1n) is 9.28. The Morgan fingerprint density at radius 1 is 0.533 bits per heavy atom. The lowest BCUT2D eigenvalue weighted by molar-refractivity contribution is 0.453. The Balaban J connectivity index is 1.54. The number of halogens is 3. The number of rotatable bonds is 0. The fourth-order valence-electron chi connectivity index (χ4n) is 2.95. The Labute approximate surface area is 173 Å². The molecular formula is C27H15F3. The van der Waals surface area contributed by atoms with Gasteiger partial charge in [-0.25, -0.2) is 13.2 Å². The highest BCUT2D eigenvalue weighted by Crippen LogP contribution is 2.23. The average molecular weight is 396 g/mol. The van der Waals surface area contributed by atoms with E-state index < -0.39 is 17.5 Å². The van der Waals surface area contributed by atoms with Crippen molar-refractivity contribution in [1.82, 2.24) is 0 Å². The van der Waals surface area contributed by atoms with Gasteiger partial charge in [-0.2, -0.15) is 0 Å². The molecular weight excluding hydrogens is 381 g/mol. The van der Waals surface area contributed by atoms with Gasteiger partial charge < -0.3 is 0 Å². The second kappa shape index (κ2) is 8.19. The Morgan fingerprint density at radius 3 is 1.57 bits per heavy atom. The molecule has 0 aromatic heterocycles. The molecule has 0 N–H and O–H groups in total. The van der Waals surface area contributed by atoms with Crippen molar-refractivity contribution in [3.05, 3.63) is 118 Å². The minimum Gasteiger partial charge on any atom is -0.204 e. The number of benzene rings is 4. The predicted molar refractivity (Wildman–Crippen MR) is 113 cm³/mol. The molecule has 3 heteroatoms. The molecule has 30 heavy (non-hydrogen) atoms. The molecule has 0 saturated heterocycles. The predicted octanol–water partition coefficient (Wildman–Crippen LogP) is 6.37. The van der Waals surface area contributed by atoms with Crippen molar-refractivity contribution in [1.29, 1.82) is 0 Å². The second-order valence-electron chi connectivity index (χ2n) is 6.87. The summed E-state index contributed by atoms with van der Waals surface area (Å²) in [5.74, 6) is 8.35. The van der Waals surface area contributed by atoms with Gasteiger partial charge in [0.1, 0.15) is 0 Å². The van der Waals surface area contributed by atoms with Crippen LogP contribution in [-0.4, -0.2) is 0 Å². The highest BCUT2D eigenvalue weighted by molar-refractivity contribution is 5.84. The molecule has 0 aliphatic heterocycles. The molecule has 0 amide bonds. The van der Waals surface area contributed by atoms with Crippen molar-refractivity contribution in [3.8, 4) is 23.7 Å². The van der Waals surface area contributed by atoms with Gasteiger partial charge in [-0.1, -0.05) is 47.4 Å². The van der Waals surface area contributed by atoms with Crippen LogP contribution in [0, 0.1) is 48.1 Å². The van der Waals surface area contributed by atoms with Crippen LogP contribution < -0.4 is 0 Å². The van der Waals surface area contributed by atoms with Gasteiger partial charge in [0, 0.05) is 27.6 Å². The smallest absolute Gasteiger partial charge is 0.195 e. The summed E-state index contributed by atoms with van der Waals surface area (Å²) >= 11 is 0. The summed E-state index contributed by atoms with van der Waals surface area (Å²) in [4.78, 5) is 0. The van der Waals surface area contributed by atoms with Gasteiger partial charge in [-0.05, 0) is 66.9 Å². The Bertz CT molecular complexity index is 1360. The summed E-state index contributed by atoms with van der Waals surface area (Å²) in [6, 6.07) is 21.0. The SMILES string of the molecule is Cc1ccc(C#Cc2ccc(C#Cc3ccc4c(F)c(F)c(F)cc4c3)cc2)cc1. The lowest BCUT2D eigenvalue weighted by Crippen LogP contribution is -1.92. The van der Waals surface area contributed by atoms with Gasteiger partial charge in [-0.3, -0.25) is 0 Å². The van der Waals surface area contributed by atoms with Crippen LogP contribution in [-0.2, 0) is 0 Å². The lowest BCUT2D eigenvalue weighted by atomic mass is 10.1. The molecule has 0 heterocycles. The Morgan fingerprint density at radius 2 is 1.00 bits per heavy atom. The zero-order chi connectivity index (χ0) is 21.1. The van der Waals surface area contributed by atoms with Crippen molar-refractivity contribution >= 4 is 10.8 Å².